The topological polar surface area (TPSA) is 51.4 Å². The summed E-state index contributed by atoms with van der Waals surface area (Å²) in [7, 11) is 1.76. The summed E-state index contributed by atoms with van der Waals surface area (Å²) in [5, 5.41) is 4.84. The van der Waals surface area contributed by atoms with Gasteiger partial charge in [0.15, 0.2) is 5.82 Å². The molecule has 0 amide bonds. The van der Waals surface area contributed by atoms with E-state index >= 15 is 0 Å². The Bertz CT molecular complexity index is 647. The smallest absolute Gasteiger partial charge is 0.240 e. The molecule has 0 N–H and O–H groups in total. The molecular weight excluding hydrogens is 326 g/mol. The van der Waals surface area contributed by atoms with Gasteiger partial charge in [0.2, 0.25) is 5.89 Å². The van der Waals surface area contributed by atoms with E-state index in [9.17, 15) is 0 Å². The fraction of sp³-hybridized carbons (Fsp3) is 0.556. The number of benzene rings is 1. The summed E-state index contributed by atoms with van der Waals surface area (Å²) < 4.78 is 10.7. The van der Waals surface area contributed by atoms with Gasteiger partial charge in [0.1, 0.15) is 0 Å². The molecule has 1 aromatic carbocycles. The first-order chi connectivity index (χ1) is 11.8. The number of aromatic nitrogens is 2. The van der Waals surface area contributed by atoms with Crippen LogP contribution in [0.4, 0.5) is 0 Å². The van der Waals surface area contributed by atoms with Crippen molar-refractivity contribution >= 4 is 11.6 Å². The van der Waals surface area contributed by atoms with Crippen molar-refractivity contribution in [2.75, 3.05) is 20.3 Å². The zero-order valence-corrected chi connectivity index (χ0v) is 14.8. The SMILES string of the molecule is COCC[C@H]1CCCCN1Cc1nc(Cc2ccccc2Cl)no1. The molecule has 5 nitrogen and oxygen atoms in total. The molecule has 3 rings (SSSR count). The summed E-state index contributed by atoms with van der Waals surface area (Å²) >= 11 is 6.20. The van der Waals surface area contributed by atoms with Crippen LogP contribution in [0.15, 0.2) is 28.8 Å². The second-order valence-corrected chi connectivity index (χ2v) is 6.68. The Hall–Kier alpha value is -1.43. The first-order valence-corrected chi connectivity index (χ1v) is 8.92. The van der Waals surface area contributed by atoms with Crippen molar-refractivity contribution in [3.05, 3.63) is 46.6 Å². The zero-order valence-electron chi connectivity index (χ0n) is 14.1. The number of rotatable bonds is 7. The van der Waals surface area contributed by atoms with Gasteiger partial charge < -0.3 is 9.26 Å². The van der Waals surface area contributed by atoms with Gasteiger partial charge in [-0.3, -0.25) is 4.90 Å². The maximum absolute atomic E-state index is 6.20. The fourth-order valence-electron chi connectivity index (χ4n) is 3.26. The summed E-state index contributed by atoms with van der Waals surface area (Å²) in [6.45, 7) is 2.59. The molecule has 0 aliphatic carbocycles. The Labute approximate surface area is 147 Å². The molecule has 1 saturated heterocycles. The lowest BCUT2D eigenvalue weighted by molar-refractivity contribution is 0.0882. The molecule has 1 atom stereocenters. The highest BCUT2D eigenvalue weighted by Crippen LogP contribution is 2.22. The van der Waals surface area contributed by atoms with E-state index in [2.05, 4.69) is 15.0 Å². The molecule has 0 saturated carbocycles. The lowest BCUT2D eigenvalue weighted by Gasteiger charge is -2.34. The maximum atomic E-state index is 6.20. The van der Waals surface area contributed by atoms with Crippen LogP contribution in [0.25, 0.3) is 0 Å². The van der Waals surface area contributed by atoms with Gasteiger partial charge in [0.25, 0.3) is 0 Å². The average Bonchev–Trinajstić information content (AvgIpc) is 3.03. The lowest BCUT2D eigenvalue weighted by atomic mass is 10.00. The highest BCUT2D eigenvalue weighted by Gasteiger charge is 2.24. The van der Waals surface area contributed by atoms with Crippen molar-refractivity contribution in [1.82, 2.24) is 15.0 Å². The molecule has 1 aliphatic rings. The molecule has 0 unspecified atom stereocenters. The summed E-state index contributed by atoms with van der Waals surface area (Å²) in [6.07, 6.45) is 5.37. The Morgan fingerprint density at radius 3 is 3.04 bits per heavy atom. The Morgan fingerprint density at radius 1 is 1.33 bits per heavy atom. The molecule has 1 aromatic heterocycles. The van der Waals surface area contributed by atoms with Crippen molar-refractivity contribution in [2.24, 2.45) is 0 Å². The van der Waals surface area contributed by atoms with Gasteiger partial charge in [0, 0.05) is 31.2 Å². The number of likely N-dealkylation sites (tertiary alicyclic amines) is 1. The molecule has 0 bridgehead atoms. The number of halogens is 1. The van der Waals surface area contributed by atoms with Crippen LogP contribution in [0.1, 0.15) is 43.0 Å². The second kappa shape index (κ2) is 8.60. The predicted octanol–water partition coefficient (Wildman–Crippen LogP) is 3.70. The van der Waals surface area contributed by atoms with Gasteiger partial charge in [-0.1, -0.05) is 41.4 Å². The maximum Gasteiger partial charge on any atom is 0.240 e. The number of methoxy groups -OCH3 is 1. The van der Waals surface area contributed by atoms with Gasteiger partial charge in [-0.15, -0.1) is 0 Å². The van der Waals surface area contributed by atoms with Crippen molar-refractivity contribution in [2.45, 2.75) is 44.7 Å². The third-order valence-corrected chi connectivity index (χ3v) is 4.93. The van der Waals surface area contributed by atoms with Crippen LogP contribution in [0, 0.1) is 0 Å². The number of hydrogen-bond acceptors (Lipinski definition) is 5. The molecule has 0 spiro atoms. The highest BCUT2D eigenvalue weighted by molar-refractivity contribution is 6.31. The highest BCUT2D eigenvalue weighted by atomic mass is 35.5. The van der Waals surface area contributed by atoms with Gasteiger partial charge >= 0.3 is 0 Å². The van der Waals surface area contributed by atoms with Crippen LogP contribution in [-0.2, 0) is 17.7 Å². The van der Waals surface area contributed by atoms with E-state index in [-0.39, 0.29) is 0 Å². The van der Waals surface area contributed by atoms with Gasteiger partial charge in [-0.2, -0.15) is 4.98 Å². The molecular formula is C18H24ClN3O2. The molecule has 2 heterocycles. The molecule has 0 radical (unpaired) electrons. The van der Waals surface area contributed by atoms with Crippen LogP contribution in [-0.4, -0.2) is 41.3 Å². The lowest BCUT2D eigenvalue weighted by Crippen LogP contribution is -2.39. The van der Waals surface area contributed by atoms with Crippen molar-refractivity contribution < 1.29 is 9.26 Å². The third kappa shape index (κ3) is 4.56. The number of ether oxygens (including phenoxy) is 1. The summed E-state index contributed by atoms with van der Waals surface area (Å²) in [5.41, 5.74) is 1.02. The van der Waals surface area contributed by atoms with Crippen molar-refractivity contribution in [3.8, 4) is 0 Å². The van der Waals surface area contributed by atoms with Crippen LogP contribution in [0.5, 0.6) is 0 Å². The first kappa shape index (κ1) is 17.4. The van der Waals surface area contributed by atoms with Crippen LogP contribution < -0.4 is 0 Å². The van der Waals surface area contributed by atoms with Gasteiger partial charge in [-0.25, -0.2) is 0 Å². The van der Waals surface area contributed by atoms with Crippen molar-refractivity contribution in [1.29, 1.82) is 0 Å². The van der Waals surface area contributed by atoms with E-state index in [0.29, 0.717) is 30.7 Å². The molecule has 24 heavy (non-hydrogen) atoms. The van der Waals surface area contributed by atoms with E-state index in [4.69, 9.17) is 20.9 Å². The van der Waals surface area contributed by atoms with E-state index < -0.39 is 0 Å². The number of nitrogens with zero attached hydrogens (tertiary/aromatic N) is 3. The van der Waals surface area contributed by atoms with Crippen LogP contribution >= 0.6 is 11.6 Å². The summed E-state index contributed by atoms with van der Waals surface area (Å²) in [5.74, 6) is 1.37. The van der Waals surface area contributed by atoms with E-state index in [1.807, 2.05) is 24.3 Å². The number of piperidine rings is 1. The van der Waals surface area contributed by atoms with Gasteiger partial charge in [0.05, 0.1) is 6.54 Å². The molecule has 2 aromatic rings. The molecule has 130 valence electrons. The van der Waals surface area contributed by atoms with E-state index in [1.165, 1.54) is 19.3 Å². The minimum Gasteiger partial charge on any atom is -0.385 e. The second-order valence-electron chi connectivity index (χ2n) is 6.27. The normalized spacial score (nSPS) is 18.8. The Morgan fingerprint density at radius 2 is 2.21 bits per heavy atom. The number of hydrogen-bond donors (Lipinski definition) is 0. The average molecular weight is 350 g/mol. The fourth-order valence-corrected chi connectivity index (χ4v) is 3.46. The third-order valence-electron chi connectivity index (χ3n) is 4.56. The summed E-state index contributed by atoms with van der Waals surface area (Å²) in [6, 6.07) is 8.30. The van der Waals surface area contributed by atoms with Crippen molar-refractivity contribution in [3.63, 3.8) is 0 Å². The largest absolute Gasteiger partial charge is 0.385 e. The van der Waals surface area contributed by atoms with E-state index in [1.54, 1.807) is 7.11 Å². The zero-order chi connectivity index (χ0) is 16.8. The standard InChI is InChI=1S/C18H24ClN3O2/c1-23-11-9-15-7-4-5-10-22(15)13-18-20-17(21-24-18)12-14-6-2-3-8-16(14)19/h2-3,6,8,15H,4-5,7,9-13H2,1H3/t15-/m1/s1. The monoisotopic (exact) mass is 349 g/mol. The molecule has 1 aliphatic heterocycles. The Balaban J connectivity index is 1.61. The van der Waals surface area contributed by atoms with Gasteiger partial charge in [-0.05, 0) is 37.4 Å². The first-order valence-electron chi connectivity index (χ1n) is 8.54. The van der Waals surface area contributed by atoms with Crippen LogP contribution in [0.2, 0.25) is 5.02 Å². The van der Waals surface area contributed by atoms with Crippen LogP contribution in [0.3, 0.4) is 0 Å². The minimum atomic E-state index is 0.539. The summed E-state index contributed by atoms with van der Waals surface area (Å²) in [4.78, 5) is 6.99. The molecule has 1 fully saturated rings. The van der Waals surface area contributed by atoms with E-state index in [0.717, 1.165) is 30.2 Å². The predicted molar refractivity (Wildman–Crippen MR) is 93.1 cm³/mol. The molecule has 6 heteroatoms. The Kier molecular flexibility index (Phi) is 6.24. The quantitative estimate of drug-likeness (QED) is 0.762. The minimum absolute atomic E-state index is 0.539.